The van der Waals surface area contributed by atoms with Gasteiger partial charge in [-0.15, -0.1) is 0 Å². The zero-order chi connectivity index (χ0) is 10.4. The maximum Gasteiger partial charge on any atom is 0.0444 e. The van der Waals surface area contributed by atoms with Gasteiger partial charge in [-0.1, -0.05) is 12.2 Å². The highest BCUT2D eigenvalue weighted by Gasteiger charge is 2.34. The molecule has 0 aromatic carbocycles. The van der Waals surface area contributed by atoms with Crippen LogP contribution in [0, 0.1) is 0 Å². The van der Waals surface area contributed by atoms with Gasteiger partial charge >= 0.3 is 0 Å². The summed E-state index contributed by atoms with van der Waals surface area (Å²) in [6.07, 6.45) is 6.56. The van der Waals surface area contributed by atoms with E-state index >= 15 is 0 Å². The van der Waals surface area contributed by atoms with Gasteiger partial charge in [-0.25, -0.2) is 0 Å². The Kier molecular flexibility index (Phi) is 4.58. The first-order valence-electron chi connectivity index (χ1n) is 5.47. The molecule has 1 unspecified atom stereocenters. The molecule has 0 aromatic rings. The minimum Gasteiger partial charge on any atom is -0.329 e. The summed E-state index contributed by atoms with van der Waals surface area (Å²) in [5.41, 5.74) is 6.02. The Balaban J connectivity index is 2.31. The van der Waals surface area contributed by atoms with E-state index in [2.05, 4.69) is 36.3 Å². The van der Waals surface area contributed by atoms with Gasteiger partial charge < -0.3 is 16.0 Å². The average molecular weight is 197 g/mol. The van der Waals surface area contributed by atoms with E-state index in [9.17, 15) is 0 Å². The van der Waals surface area contributed by atoms with Crippen molar-refractivity contribution in [3.63, 3.8) is 0 Å². The van der Waals surface area contributed by atoms with E-state index in [0.29, 0.717) is 0 Å². The molecule has 0 bridgehead atoms. The predicted octanol–water partition coefficient (Wildman–Crippen LogP) is 0.575. The third-order valence-corrected chi connectivity index (χ3v) is 2.98. The highest BCUT2D eigenvalue weighted by molar-refractivity contribution is 4.97. The van der Waals surface area contributed by atoms with Gasteiger partial charge in [-0.2, -0.15) is 0 Å². The summed E-state index contributed by atoms with van der Waals surface area (Å²) in [6.45, 7) is 6.08. The second-order valence-corrected chi connectivity index (χ2v) is 4.26. The van der Waals surface area contributed by atoms with E-state index in [1.165, 1.54) is 6.42 Å². The van der Waals surface area contributed by atoms with Crippen LogP contribution in [-0.2, 0) is 0 Å². The lowest BCUT2D eigenvalue weighted by Gasteiger charge is -2.28. The molecule has 82 valence electrons. The lowest BCUT2D eigenvalue weighted by Crippen LogP contribution is -2.53. The van der Waals surface area contributed by atoms with Crippen LogP contribution in [0.1, 0.15) is 19.8 Å². The molecule has 1 rings (SSSR count). The van der Waals surface area contributed by atoms with Crippen LogP contribution in [0.25, 0.3) is 0 Å². The van der Waals surface area contributed by atoms with Gasteiger partial charge in [-0.3, -0.25) is 0 Å². The summed E-state index contributed by atoms with van der Waals surface area (Å²) in [5.74, 6) is 0. The third kappa shape index (κ3) is 3.08. The molecule has 0 radical (unpaired) electrons. The van der Waals surface area contributed by atoms with Crippen molar-refractivity contribution in [3.05, 3.63) is 12.2 Å². The number of allylic oxidation sites excluding steroid dienone is 1. The zero-order valence-electron chi connectivity index (χ0n) is 9.42. The molecule has 0 aliphatic carbocycles. The quantitative estimate of drug-likeness (QED) is 0.500. The fourth-order valence-electron chi connectivity index (χ4n) is 2.05. The third-order valence-electron chi connectivity index (χ3n) is 2.98. The standard InChI is InChI=1S/C11H23N3/c1-3-4-5-7-13-11(9-12)6-8-14(2)10-11/h3-4,13H,5-10,12H2,1-2H3/b4-3+. The van der Waals surface area contributed by atoms with Crippen molar-refractivity contribution in [3.8, 4) is 0 Å². The predicted molar refractivity (Wildman–Crippen MR) is 61.3 cm³/mol. The molecular weight excluding hydrogens is 174 g/mol. The molecule has 3 N–H and O–H groups in total. The van der Waals surface area contributed by atoms with Gasteiger partial charge in [-0.05, 0) is 39.9 Å². The number of likely N-dealkylation sites (tertiary alicyclic amines) is 1. The number of likely N-dealkylation sites (N-methyl/N-ethyl adjacent to an activating group) is 1. The first-order valence-corrected chi connectivity index (χ1v) is 5.47. The molecule has 1 heterocycles. The molecule has 0 spiro atoms. The Hall–Kier alpha value is -0.380. The monoisotopic (exact) mass is 197 g/mol. The molecule has 0 saturated carbocycles. The Morgan fingerprint density at radius 3 is 2.86 bits per heavy atom. The van der Waals surface area contributed by atoms with Gasteiger partial charge in [0, 0.05) is 18.6 Å². The van der Waals surface area contributed by atoms with Crippen molar-refractivity contribution in [1.29, 1.82) is 0 Å². The second-order valence-electron chi connectivity index (χ2n) is 4.26. The molecule has 1 atom stereocenters. The molecule has 1 saturated heterocycles. The lowest BCUT2D eigenvalue weighted by molar-refractivity contribution is 0.319. The van der Waals surface area contributed by atoms with Crippen molar-refractivity contribution in [2.45, 2.75) is 25.3 Å². The summed E-state index contributed by atoms with van der Waals surface area (Å²) in [5, 5.41) is 3.59. The highest BCUT2D eigenvalue weighted by Crippen LogP contribution is 2.18. The fraction of sp³-hybridized carbons (Fsp3) is 0.818. The van der Waals surface area contributed by atoms with Crippen molar-refractivity contribution in [1.82, 2.24) is 10.2 Å². The van der Waals surface area contributed by atoms with Crippen LogP contribution in [0.2, 0.25) is 0 Å². The number of nitrogens with zero attached hydrogens (tertiary/aromatic N) is 1. The summed E-state index contributed by atoms with van der Waals surface area (Å²) >= 11 is 0. The van der Waals surface area contributed by atoms with Crippen LogP contribution in [0.15, 0.2) is 12.2 Å². The maximum atomic E-state index is 5.84. The summed E-state index contributed by atoms with van der Waals surface area (Å²) in [4.78, 5) is 2.34. The van der Waals surface area contributed by atoms with Crippen LogP contribution in [-0.4, -0.2) is 43.7 Å². The van der Waals surface area contributed by atoms with E-state index < -0.39 is 0 Å². The molecule has 1 fully saturated rings. The maximum absolute atomic E-state index is 5.84. The summed E-state index contributed by atoms with van der Waals surface area (Å²) < 4.78 is 0. The minimum atomic E-state index is 0.177. The van der Waals surface area contributed by atoms with Crippen LogP contribution in [0.3, 0.4) is 0 Å². The van der Waals surface area contributed by atoms with E-state index in [0.717, 1.165) is 32.6 Å². The van der Waals surface area contributed by atoms with Crippen molar-refractivity contribution in [2.24, 2.45) is 5.73 Å². The normalized spacial score (nSPS) is 29.1. The number of rotatable bonds is 5. The number of hydrogen-bond acceptors (Lipinski definition) is 3. The Morgan fingerprint density at radius 2 is 2.36 bits per heavy atom. The molecule has 0 amide bonds. The minimum absolute atomic E-state index is 0.177. The molecule has 1 aliphatic rings. The van der Waals surface area contributed by atoms with Gasteiger partial charge in [0.25, 0.3) is 0 Å². The first-order chi connectivity index (χ1) is 6.72. The zero-order valence-corrected chi connectivity index (χ0v) is 9.42. The van der Waals surface area contributed by atoms with Crippen LogP contribution < -0.4 is 11.1 Å². The lowest BCUT2D eigenvalue weighted by atomic mass is 9.99. The number of hydrogen-bond donors (Lipinski definition) is 2. The number of nitrogens with one attached hydrogen (secondary N) is 1. The van der Waals surface area contributed by atoms with Gasteiger partial charge in [0.2, 0.25) is 0 Å². The van der Waals surface area contributed by atoms with Crippen LogP contribution in [0.4, 0.5) is 0 Å². The van der Waals surface area contributed by atoms with E-state index in [1.54, 1.807) is 0 Å². The molecule has 0 aromatic heterocycles. The Labute approximate surface area is 87.3 Å². The van der Waals surface area contributed by atoms with E-state index in [-0.39, 0.29) is 5.54 Å². The molecule has 14 heavy (non-hydrogen) atoms. The molecular formula is C11H23N3. The molecule has 3 nitrogen and oxygen atoms in total. The largest absolute Gasteiger partial charge is 0.329 e. The summed E-state index contributed by atoms with van der Waals surface area (Å²) in [6, 6.07) is 0. The first kappa shape index (κ1) is 11.7. The van der Waals surface area contributed by atoms with Crippen molar-refractivity contribution < 1.29 is 0 Å². The van der Waals surface area contributed by atoms with E-state index in [4.69, 9.17) is 5.73 Å². The van der Waals surface area contributed by atoms with Gasteiger partial charge in [0.05, 0.1) is 0 Å². The smallest absolute Gasteiger partial charge is 0.0444 e. The Bertz CT molecular complexity index is 191. The number of nitrogens with two attached hydrogens (primary N) is 1. The second kappa shape index (κ2) is 5.49. The van der Waals surface area contributed by atoms with E-state index in [1.807, 2.05) is 0 Å². The topological polar surface area (TPSA) is 41.3 Å². The average Bonchev–Trinajstić information content (AvgIpc) is 2.56. The SMILES string of the molecule is C/C=C/CCNC1(CN)CCN(C)C1. The van der Waals surface area contributed by atoms with Gasteiger partial charge in [0.15, 0.2) is 0 Å². The molecule has 3 heteroatoms. The van der Waals surface area contributed by atoms with Crippen LogP contribution in [0.5, 0.6) is 0 Å². The van der Waals surface area contributed by atoms with Crippen molar-refractivity contribution >= 4 is 0 Å². The molecule has 1 aliphatic heterocycles. The summed E-state index contributed by atoms with van der Waals surface area (Å²) in [7, 11) is 2.16. The van der Waals surface area contributed by atoms with Crippen LogP contribution >= 0.6 is 0 Å². The van der Waals surface area contributed by atoms with Gasteiger partial charge in [0.1, 0.15) is 0 Å². The highest BCUT2D eigenvalue weighted by atomic mass is 15.2. The Morgan fingerprint density at radius 1 is 1.57 bits per heavy atom. The fourth-order valence-corrected chi connectivity index (χ4v) is 2.05. The van der Waals surface area contributed by atoms with Crippen molar-refractivity contribution in [2.75, 3.05) is 33.2 Å².